The molecule has 0 radical (unpaired) electrons. The molecule has 3 heterocycles. The SMILES string of the molecule is COC1CCCOC12CCN(C(=O)c1cnc(C(C)C)nc1)CC2. The van der Waals surface area contributed by atoms with Gasteiger partial charge in [0, 0.05) is 45.1 Å². The Morgan fingerprint density at radius 2 is 2.00 bits per heavy atom. The Bertz CT molecular complexity index is 565. The maximum absolute atomic E-state index is 12.7. The summed E-state index contributed by atoms with van der Waals surface area (Å²) in [6.45, 7) is 6.24. The van der Waals surface area contributed by atoms with Crippen molar-refractivity contribution in [2.75, 3.05) is 26.8 Å². The molecule has 2 fully saturated rings. The Balaban J connectivity index is 1.64. The molecule has 1 unspecified atom stereocenters. The van der Waals surface area contributed by atoms with E-state index in [4.69, 9.17) is 9.47 Å². The van der Waals surface area contributed by atoms with Gasteiger partial charge in [0.1, 0.15) is 5.82 Å². The van der Waals surface area contributed by atoms with Gasteiger partial charge in [-0.3, -0.25) is 4.79 Å². The van der Waals surface area contributed by atoms with Gasteiger partial charge >= 0.3 is 0 Å². The van der Waals surface area contributed by atoms with Crippen molar-refractivity contribution in [3.05, 3.63) is 23.8 Å². The number of ether oxygens (including phenoxy) is 2. The Labute approximate surface area is 143 Å². The number of nitrogens with zero attached hydrogens (tertiary/aromatic N) is 3. The summed E-state index contributed by atoms with van der Waals surface area (Å²) in [7, 11) is 1.76. The predicted molar refractivity (Wildman–Crippen MR) is 90.0 cm³/mol. The summed E-state index contributed by atoms with van der Waals surface area (Å²) >= 11 is 0. The second-order valence-electron chi connectivity index (χ2n) is 7.06. The van der Waals surface area contributed by atoms with Crippen molar-refractivity contribution in [3.63, 3.8) is 0 Å². The van der Waals surface area contributed by atoms with Crippen LogP contribution in [0.4, 0.5) is 0 Å². The molecule has 1 spiro atoms. The van der Waals surface area contributed by atoms with Gasteiger partial charge in [0.05, 0.1) is 17.3 Å². The topological polar surface area (TPSA) is 64.6 Å². The molecule has 2 saturated heterocycles. The number of likely N-dealkylation sites (tertiary alicyclic amines) is 1. The zero-order chi connectivity index (χ0) is 17.2. The normalized spacial score (nSPS) is 23.7. The molecule has 6 nitrogen and oxygen atoms in total. The lowest BCUT2D eigenvalue weighted by Crippen LogP contribution is -2.56. The standard InChI is InChI=1S/C18H27N3O3/c1-13(2)16-19-11-14(12-20-16)17(22)21-8-6-18(7-9-21)15(23-3)5-4-10-24-18/h11-13,15H,4-10H2,1-3H3. The summed E-state index contributed by atoms with van der Waals surface area (Å²) in [4.78, 5) is 23.2. The van der Waals surface area contributed by atoms with Crippen molar-refractivity contribution < 1.29 is 14.3 Å². The summed E-state index contributed by atoms with van der Waals surface area (Å²) < 4.78 is 11.8. The molecule has 1 atom stereocenters. The molecular weight excluding hydrogens is 306 g/mol. The van der Waals surface area contributed by atoms with E-state index in [0.29, 0.717) is 18.7 Å². The zero-order valence-electron chi connectivity index (χ0n) is 14.8. The monoisotopic (exact) mass is 333 g/mol. The van der Waals surface area contributed by atoms with Gasteiger partial charge in [0.15, 0.2) is 0 Å². The Kier molecular flexibility index (Phi) is 5.15. The predicted octanol–water partition coefficient (Wildman–Crippen LogP) is 2.40. The summed E-state index contributed by atoms with van der Waals surface area (Å²) in [6.07, 6.45) is 7.15. The molecule has 6 heteroatoms. The van der Waals surface area contributed by atoms with Crippen LogP contribution in [0.3, 0.4) is 0 Å². The lowest BCUT2D eigenvalue weighted by molar-refractivity contribution is -0.183. The van der Waals surface area contributed by atoms with Gasteiger partial charge in [-0.1, -0.05) is 13.8 Å². The molecule has 1 amide bonds. The molecular formula is C18H27N3O3. The van der Waals surface area contributed by atoms with Crippen LogP contribution >= 0.6 is 0 Å². The minimum Gasteiger partial charge on any atom is -0.378 e. The van der Waals surface area contributed by atoms with E-state index in [2.05, 4.69) is 9.97 Å². The van der Waals surface area contributed by atoms with E-state index in [1.165, 1.54) is 0 Å². The molecule has 132 valence electrons. The van der Waals surface area contributed by atoms with Crippen LogP contribution in [0.15, 0.2) is 12.4 Å². The fourth-order valence-corrected chi connectivity index (χ4v) is 3.72. The number of hydrogen-bond acceptors (Lipinski definition) is 5. The smallest absolute Gasteiger partial charge is 0.256 e. The number of methoxy groups -OCH3 is 1. The number of aromatic nitrogens is 2. The van der Waals surface area contributed by atoms with E-state index in [-0.39, 0.29) is 23.5 Å². The van der Waals surface area contributed by atoms with Crippen LogP contribution in [0.5, 0.6) is 0 Å². The molecule has 2 aliphatic rings. The van der Waals surface area contributed by atoms with E-state index in [1.807, 2.05) is 18.7 Å². The number of carbonyl (C=O) groups excluding carboxylic acids is 1. The fraction of sp³-hybridized carbons (Fsp3) is 0.722. The number of amides is 1. The number of hydrogen-bond donors (Lipinski definition) is 0. The third-order valence-corrected chi connectivity index (χ3v) is 5.20. The first-order chi connectivity index (χ1) is 11.6. The average Bonchev–Trinajstić information content (AvgIpc) is 2.62. The summed E-state index contributed by atoms with van der Waals surface area (Å²) in [5.41, 5.74) is 0.338. The summed E-state index contributed by atoms with van der Waals surface area (Å²) in [5, 5.41) is 0. The van der Waals surface area contributed by atoms with Crippen LogP contribution in [0.2, 0.25) is 0 Å². The highest BCUT2D eigenvalue weighted by Crippen LogP contribution is 2.37. The number of piperidine rings is 1. The third kappa shape index (κ3) is 3.30. The highest BCUT2D eigenvalue weighted by molar-refractivity contribution is 5.93. The minimum atomic E-state index is -0.220. The first-order valence-electron chi connectivity index (χ1n) is 8.84. The second kappa shape index (κ2) is 7.15. The van der Waals surface area contributed by atoms with Gasteiger partial charge in [-0.25, -0.2) is 9.97 Å². The maximum Gasteiger partial charge on any atom is 0.256 e. The maximum atomic E-state index is 12.7. The molecule has 0 saturated carbocycles. The van der Waals surface area contributed by atoms with Crippen LogP contribution in [-0.4, -0.2) is 59.3 Å². The number of rotatable bonds is 3. The van der Waals surface area contributed by atoms with Crippen molar-refractivity contribution in [1.29, 1.82) is 0 Å². The van der Waals surface area contributed by atoms with E-state index in [0.717, 1.165) is 38.1 Å². The van der Waals surface area contributed by atoms with Crippen molar-refractivity contribution in [2.45, 2.75) is 57.2 Å². The quantitative estimate of drug-likeness (QED) is 0.850. The highest BCUT2D eigenvalue weighted by atomic mass is 16.5. The van der Waals surface area contributed by atoms with Gasteiger partial charge in [0.25, 0.3) is 5.91 Å². The van der Waals surface area contributed by atoms with Crippen LogP contribution in [0.1, 0.15) is 61.6 Å². The van der Waals surface area contributed by atoms with E-state index >= 15 is 0 Å². The lowest BCUT2D eigenvalue weighted by Gasteiger charge is -2.48. The summed E-state index contributed by atoms with van der Waals surface area (Å²) in [5.74, 6) is 1.03. The van der Waals surface area contributed by atoms with E-state index < -0.39 is 0 Å². The Hall–Kier alpha value is -1.53. The van der Waals surface area contributed by atoms with Crippen molar-refractivity contribution >= 4 is 5.91 Å². The van der Waals surface area contributed by atoms with Gasteiger partial charge in [-0.2, -0.15) is 0 Å². The van der Waals surface area contributed by atoms with Crippen molar-refractivity contribution in [1.82, 2.24) is 14.9 Å². The van der Waals surface area contributed by atoms with Gasteiger partial charge in [-0.15, -0.1) is 0 Å². The van der Waals surface area contributed by atoms with Crippen molar-refractivity contribution in [3.8, 4) is 0 Å². The van der Waals surface area contributed by atoms with E-state index in [1.54, 1.807) is 19.5 Å². The molecule has 0 aliphatic carbocycles. The molecule has 0 bridgehead atoms. The van der Waals surface area contributed by atoms with Crippen LogP contribution in [0.25, 0.3) is 0 Å². The third-order valence-electron chi connectivity index (χ3n) is 5.20. The van der Waals surface area contributed by atoms with Crippen molar-refractivity contribution in [2.24, 2.45) is 0 Å². The molecule has 1 aromatic rings. The van der Waals surface area contributed by atoms with Gasteiger partial charge in [0.2, 0.25) is 0 Å². The zero-order valence-corrected chi connectivity index (χ0v) is 14.8. The Morgan fingerprint density at radius 1 is 1.33 bits per heavy atom. The van der Waals surface area contributed by atoms with Gasteiger partial charge < -0.3 is 14.4 Å². The number of carbonyl (C=O) groups is 1. The van der Waals surface area contributed by atoms with Gasteiger partial charge in [-0.05, 0) is 25.7 Å². The van der Waals surface area contributed by atoms with E-state index in [9.17, 15) is 4.79 Å². The molecule has 3 rings (SSSR count). The first kappa shape index (κ1) is 17.3. The minimum absolute atomic E-state index is 0.00457. The average molecular weight is 333 g/mol. The summed E-state index contributed by atoms with van der Waals surface area (Å²) in [6, 6.07) is 0. The molecule has 24 heavy (non-hydrogen) atoms. The second-order valence-corrected chi connectivity index (χ2v) is 7.06. The van der Waals surface area contributed by atoms with Crippen LogP contribution in [0, 0.1) is 0 Å². The largest absolute Gasteiger partial charge is 0.378 e. The van der Waals surface area contributed by atoms with Crippen LogP contribution in [-0.2, 0) is 9.47 Å². The lowest BCUT2D eigenvalue weighted by atomic mass is 9.81. The van der Waals surface area contributed by atoms with Crippen LogP contribution < -0.4 is 0 Å². The Morgan fingerprint density at radius 3 is 2.58 bits per heavy atom. The molecule has 2 aliphatic heterocycles. The first-order valence-corrected chi connectivity index (χ1v) is 8.84. The molecule has 0 N–H and O–H groups in total. The molecule has 0 aromatic carbocycles. The highest BCUT2D eigenvalue weighted by Gasteiger charge is 2.45. The fourth-order valence-electron chi connectivity index (χ4n) is 3.72. The molecule has 1 aromatic heterocycles.